The lowest BCUT2D eigenvalue weighted by Crippen LogP contribution is -2.37. The third-order valence-electron chi connectivity index (χ3n) is 4.22. The molecule has 0 saturated heterocycles. The second kappa shape index (κ2) is 5.68. The van der Waals surface area contributed by atoms with Gasteiger partial charge < -0.3 is 5.11 Å². The van der Waals surface area contributed by atoms with Crippen molar-refractivity contribution in [2.24, 2.45) is 5.92 Å². The summed E-state index contributed by atoms with van der Waals surface area (Å²) in [6.45, 7) is 2.23. The van der Waals surface area contributed by atoms with E-state index in [1.54, 1.807) is 0 Å². The van der Waals surface area contributed by atoms with E-state index in [0.717, 1.165) is 18.4 Å². The SMILES string of the molecule is CCCCC1CCCCC1(O)c1ccccc1. The molecule has 1 nitrogen and oxygen atoms in total. The zero-order chi connectivity index (χ0) is 12.1. The molecule has 1 aliphatic carbocycles. The first kappa shape index (κ1) is 12.6. The minimum absolute atomic E-state index is 0.457. The normalized spacial score (nSPS) is 29.2. The molecular formula is C16H24O. The van der Waals surface area contributed by atoms with E-state index in [1.807, 2.05) is 18.2 Å². The maximum atomic E-state index is 11.0. The van der Waals surface area contributed by atoms with Gasteiger partial charge in [-0.25, -0.2) is 0 Å². The molecule has 2 atom stereocenters. The van der Waals surface area contributed by atoms with Crippen molar-refractivity contribution in [3.8, 4) is 0 Å². The van der Waals surface area contributed by atoms with Crippen molar-refractivity contribution < 1.29 is 5.11 Å². The summed E-state index contributed by atoms with van der Waals surface area (Å²) < 4.78 is 0. The van der Waals surface area contributed by atoms with Gasteiger partial charge in [-0.15, -0.1) is 0 Å². The maximum Gasteiger partial charge on any atom is 0.0924 e. The Morgan fingerprint density at radius 3 is 2.71 bits per heavy atom. The lowest BCUT2D eigenvalue weighted by Gasteiger charge is -2.40. The molecule has 1 aromatic rings. The number of unbranched alkanes of at least 4 members (excludes halogenated alkanes) is 1. The van der Waals surface area contributed by atoms with E-state index in [-0.39, 0.29) is 0 Å². The number of hydrogen-bond acceptors (Lipinski definition) is 1. The van der Waals surface area contributed by atoms with Gasteiger partial charge in [0.25, 0.3) is 0 Å². The van der Waals surface area contributed by atoms with Crippen LogP contribution in [0, 0.1) is 5.92 Å². The van der Waals surface area contributed by atoms with Gasteiger partial charge in [-0.2, -0.15) is 0 Å². The van der Waals surface area contributed by atoms with Crippen LogP contribution in [0.1, 0.15) is 57.4 Å². The Morgan fingerprint density at radius 1 is 1.24 bits per heavy atom. The van der Waals surface area contributed by atoms with E-state index in [9.17, 15) is 5.11 Å². The van der Waals surface area contributed by atoms with Crippen molar-refractivity contribution in [1.29, 1.82) is 0 Å². The van der Waals surface area contributed by atoms with E-state index in [4.69, 9.17) is 0 Å². The third kappa shape index (κ3) is 2.71. The molecule has 0 aliphatic heterocycles. The highest BCUT2D eigenvalue weighted by molar-refractivity contribution is 5.23. The van der Waals surface area contributed by atoms with E-state index in [0.29, 0.717) is 5.92 Å². The highest BCUT2D eigenvalue weighted by Crippen LogP contribution is 2.43. The van der Waals surface area contributed by atoms with Crippen molar-refractivity contribution in [3.05, 3.63) is 35.9 Å². The van der Waals surface area contributed by atoms with Crippen LogP contribution in [0.4, 0.5) is 0 Å². The smallest absolute Gasteiger partial charge is 0.0924 e. The molecule has 0 amide bonds. The fourth-order valence-electron chi connectivity index (χ4n) is 3.17. The lowest BCUT2D eigenvalue weighted by atomic mass is 9.69. The first-order valence-corrected chi connectivity index (χ1v) is 7.05. The maximum absolute atomic E-state index is 11.0. The van der Waals surface area contributed by atoms with E-state index in [1.165, 1.54) is 32.1 Å². The van der Waals surface area contributed by atoms with Crippen LogP contribution >= 0.6 is 0 Å². The zero-order valence-corrected chi connectivity index (χ0v) is 10.9. The lowest BCUT2D eigenvalue weighted by molar-refractivity contribution is -0.0582. The number of benzene rings is 1. The zero-order valence-electron chi connectivity index (χ0n) is 10.9. The van der Waals surface area contributed by atoms with Crippen LogP contribution in [0.2, 0.25) is 0 Å². The Balaban J connectivity index is 2.19. The molecule has 1 heteroatoms. The molecule has 17 heavy (non-hydrogen) atoms. The van der Waals surface area contributed by atoms with Gasteiger partial charge >= 0.3 is 0 Å². The summed E-state index contributed by atoms with van der Waals surface area (Å²) in [5.41, 5.74) is 0.565. The van der Waals surface area contributed by atoms with Gasteiger partial charge in [0.05, 0.1) is 5.60 Å². The molecule has 0 radical (unpaired) electrons. The fraction of sp³-hybridized carbons (Fsp3) is 0.625. The van der Waals surface area contributed by atoms with E-state index < -0.39 is 5.60 Å². The Bertz CT molecular complexity index is 333. The Kier molecular flexibility index (Phi) is 4.22. The van der Waals surface area contributed by atoms with Crippen LogP contribution < -0.4 is 0 Å². The molecule has 2 rings (SSSR count). The first-order chi connectivity index (χ1) is 8.27. The van der Waals surface area contributed by atoms with Crippen molar-refractivity contribution in [2.45, 2.75) is 57.5 Å². The predicted octanol–water partition coefficient (Wildman–Crippen LogP) is 4.25. The summed E-state index contributed by atoms with van der Waals surface area (Å²) >= 11 is 0. The first-order valence-electron chi connectivity index (χ1n) is 7.05. The summed E-state index contributed by atoms with van der Waals surface area (Å²) in [5.74, 6) is 0.457. The molecular weight excluding hydrogens is 208 g/mol. The molecule has 0 bridgehead atoms. The Hall–Kier alpha value is -0.820. The third-order valence-corrected chi connectivity index (χ3v) is 4.22. The molecule has 1 N–H and O–H groups in total. The molecule has 94 valence electrons. The highest BCUT2D eigenvalue weighted by atomic mass is 16.3. The van der Waals surface area contributed by atoms with Crippen molar-refractivity contribution in [1.82, 2.24) is 0 Å². The average Bonchev–Trinajstić information content (AvgIpc) is 2.39. The summed E-state index contributed by atoms with van der Waals surface area (Å²) in [5, 5.41) is 11.0. The number of rotatable bonds is 4. The number of hydrogen-bond donors (Lipinski definition) is 1. The second-order valence-corrected chi connectivity index (χ2v) is 5.38. The summed E-state index contributed by atoms with van der Waals surface area (Å²) in [7, 11) is 0. The van der Waals surface area contributed by atoms with E-state index >= 15 is 0 Å². The minimum Gasteiger partial charge on any atom is -0.385 e. The molecule has 2 unspecified atom stereocenters. The summed E-state index contributed by atoms with van der Waals surface area (Å²) in [6, 6.07) is 10.3. The topological polar surface area (TPSA) is 20.2 Å². The van der Waals surface area contributed by atoms with Gasteiger partial charge in [-0.3, -0.25) is 0 Å². The molecule has 0 heterocycles. The second-order valence-electron chi connectivity index (χ2n) is 5.38. The van der Waals surface area contributed by atoms with Crippen LogP contribution in [-0.2, 0) is 5.60 Å². The summed E-state index contributed by atoms with van der Waals surface area (Å²) in [4.78, 5) is 0. The minimum atomic E-state index is -0.561. The Morgan fingerprint density at radius 2 is 2.00 bits per heavy atom. The molecule has 0 aromatic heterocycles. The van der Waals surface area contributed by atoms with Crippen LogP contribution in [0.15, 0.2) is 30.3 Å². The van der Waals surface area contributed by atoms with Crippen LogP contribution in [-0.4, -0.2) is 5.11 Å². The molecule has 1 aromatic carbocycles. The van der Waals surface area contributed by atoms with Crippen LogP contribution in [0.3, 0.4) is 0 Å². The van der Waals surface area contributed by atoms with Crippen molar-refractivity contribution >= 4 is 0 Å². The molecule has 1 aliphatic rings. The predicted molar refractivity (Wildman–Crippen MR) is 71.8 cm³/mol. The fourth-order valence-corrected chi connectivity index (χ4v) is 3.17. The standard InChI is InChI=1S/C16H24O/c1-2-3-9-14-12-7-8-13-16(14,17)15-10-5-4-6-11-15/h4-6,10-11,14,17H,2-3,7-9,12-13H2,1H3. The van der Waals surface area contributed by atoms with Gasteiger partial charge in [-0.05, 0) is 30.7 Å². The number of aliphatic hydroxyl groups is 1. The van der Waals surface area contributed by atoms with Crippen molar-refractivity contribution in [2.75, 3.05) is 0 Å². The van der Waals surface area contributed by atoms with Gasteiger partial charge in [-0.1, -0.05) is 62.9 Å². The highest BCUT2D eigenvalue weighted by Gasteiger charge is 2.39. The van der Waals surface area contributed by atoms with Gasteiger partial charge in [0, 0.05) is 0 Å². The molecule has 1 saturated carbocycles. The summed E-state index contributed by atoms with van der Waals surface area (Å²) in [6.07, 6.45) is 8.19. The molecule has 1 fully saturated rings. The van der Waals surface area contributed by atoms with Gasteiger partial charge in [0.15, 0.2) is 0 Å². The molecule has 0 spiro atoms. The average molecular weight is 232 g/mol. The van der Waals surface area contributed by atoms with E-state index in [2.05, 4.69) is 19.1 Å². The van der Waals surface area contributed by atoms with Crippen LogP contribution in [0.5, 0.6) is 0 Å². The Labute approximate surface area is 105 Å². The monoisotopic (exact) mass is 232 g/mol. The quantitative estimate of drug-likeness (QED) is 0.822. The van der Waals surface area contributed by atoms with Crippen LogP contribution in [0.25, 0.3) is 0 Å². The van der Waals surface area contributed by atoms with Gasteiger partial charge in [0.2, 0.25) is 0 Å². The largest absolute Gasteiger partial charge is 0.385 e. The van der Waals surface area contributed by atoms with Gasteiger partial charge in [0.1, 0.15) is 0 Å². The van der Waals surface area contributed by atoms with Crippen molar-refractivity contribution in [3.63, 3.8) is 0 Å².